The van der Waals surface area contributed by atoms with Crippen molar-refractivity contribution < 1.29 is 22.0 Å². The monoisotopic (exact) mass is 758 g/mol. The van der Waals surface area contributed by atoms with Crippen LogP contribution in [-0.2, 0) is 0 Å². The van der Waals surface area contributed by atoms with E-state index in [1.54, 1.807) is 23.5 Å². The molecule has 10 rings (SSSR count). The minimum absolute atomic E-state index is 0.138. The van der Waals surface area contributed by atoms with E-state index in [0.29, 0.717) is 5.69 Å². The fraction of sp³-hybridized carbons (Fsp3) is 0. The number of hydrogen-bond acceptors (Lipinski definition) is 2. The molecule has 0 spiro atoms. The quantitative estimate of drug-likeness (QED) is 0.0931. The second-order valence-corrected chi connectivity index (χ2v) is 14.7. The van der Waals surface area contributed by atoms with Crippen molar-refractivity contribution in [2.75, 3.05) is 4.90 Å². The van der Waals surface area contributed by atoms with Crippen molar-refractivity contribution in [3.63, 3.8) is 0 Å². The maximum Gasteiger partial charge on any atom is 0.200 e. The molecular weight excluding hydrogens is 732 g/mol. The molecule has 0 aliphatic rings. The predicted molar refractivity (Wildman–Crippen MR) is 219 cm³/mol. The first kappa shape index (κ1) is 33.8. The largest absolute Gasteiger partial charge is 0.310 e. The van der Waals surface area contributed by atoms with Gasteiger partial charge in [-0.05, 0) is 89.5 Å². The number of aromatic nitrogens is 1. The van der Waals surface area contributed by atoms with Crippen LogP contribution in [0.4, 0.5) is 39.0 Å². The van der Waals surface area contributed by atoms with Crippen molar-refractivity contribution in [1.82, 2.24) is 4.57 Å². The number of anilines is 3. The maximum atomic E-state index is 14.8. The van der Waals surface area contributed by atoms with Crippen LogP contribution in [0.1, 0.15) is 0 Å². The van der Waals surface area contributed by atoms with E-state index in [9.17, 15) is 22.0 Å². The summed E-state index contributed by atoms with van der Waals surface area (Å²) in [7, 11) is 0. The molecule has 0 N–H and O–H groups in total. The lowest BCUT2D eigenvalue weighted by Gasteiger charge is -2.26. The van der Waals surface area contributed by atoms with Gasteiger partial charge in [-0.1, -0.05) is 91.0 Å². The highest BCUT2D eigenvalue weighted by Crippen LogP contribution is 2.42. The van der Waals surface area contributed by atoms with Gasteiger partial charge in [0.2, 0.25) is 5.82 Å². The Morgan fingerprint density at radius 2 is 0.911 bits per heavy atom. The molecule has 0 fully saturated rings. The highest BCUT2D eigenvalue weighted by molar-refractivity contribution is 7.25. The Balaban J connectivity index is 1.08. The van der Waals surface area contributed by atoms with Crippen LogP contribution in [0.3, 0.4) is 0 Å². The summed E-state index contributed by atoms with van der Waals surface area (Å²) in [5.74, 6) is -9.91. The topological polar surface area (TPSA) is 8.17 Å². The second-order valence-electron chi connectivity index (χ2n) is 13.6. The molecule has 56 heavy (non-hydrogen) atoms. The Morgan fingerprint density at radius 3 is 1.62 bits per heavy atom. The molecule has 0 saturated heterocycles. The number of rotatable bonds is 6. The Labute approximate surface area is 321 Å². The smallest absolute Gasteiger partial charge is 0.200 e. The van der Waals surface area contributed by atoms with Gasteiger partial charge in [-0.15, -0.1) is 11.3 Å². The molecule has 0 radical (unpaired) electrons. The zero-order chi connectivity index (χ0) is 38.1. The average Bonchev–Trinajstić information content (AvgIpc) is 3.78. The van der Waals surface area contributed by atoms with E-state index < -0.39 is 34.6 Å². The Hall–Kier alpha value is -6.77. The van der Waals surface area contributed by atoms with Crippen LogP contribution in [0.25, 0.3) is 69.9 Å². The molecule has 2 heterocycles. The van der Waals surface area contributed by atoms with Gasteiger partial charge in [-0.2, -0.15) is 0 Å². The lowest BCUT2D eigenvalue weighted by molar-refractivity contribution is 0.381. The fourth-order valence-corrected chi connectivity index (χ4v) is 8.89. The van der Waals surface area contributed by atoms with Gasteiger partial charge >= 0.3 is 0 Å². The first-order valence-electron chi connectivity index (χ1n) is 17.9. The first-order chi connectivity index (χ1) is 27.4. The van der Waals surface area contributed by atoms with Crippen LogP contribution in [0.2, 0.25) is 0 Å². The minimum atomic E-state index is -2.19. The molecule has 0 aliphatic carbocycles. The molecule has 0 unspecified atom stereocenters. The highest BCUT2D eigenvalue weighted by atomic mass is 32.1. The Kier molecular flexibility index (Phi) is 7.97. The number of fused-ring (bicyclic) bond motifs is 6. The van der Waals surface area contributed by atoms with E-state index in [0.717, 1.165) is 70.2 Å². The van der Waals surface area contributed by atoms with Crippen molar-refractivity contribution in [3.8, 4) is 27.9 Å². The average molecular weight is 759 g/mol. The van der Waals surface area contributed by atoms with E-state index in [1.807, 2.05) is 53.4 Å². The molecule has 0 bridgehead atoms. The third kappa shape index (κ3) is 5.36. The zero-order valence-electron chi connectivity index (χ0n) is 29.3. The second kappa shape index (κ2) is 13.2. The Bertz CT molecular complexity index is 3100. The summed E-state index contributed by atoms with van der Waals surface area (Å²) in [4.78, 5) is 2.01. The number of para-hydroxylation sites is 2. The van der Waals surface area contributed by atoms with Crippen LogP contribution in [0, 0.1) is 29.1 Å². The molecule has 0 amide bonds. The van der Waals surface area contributed by atoms with Crippen molar-refractivity contribution in [2.24, 2.45) is 0 Å². The van der Waals surface area contributed by atoms with Gasteiger partial charge in [0.05, 0.1) is 16.6 Å². The normalized spacial score (nSPS) is 11.7. The summed E-state index contributed by atoms with van der Waals surface area (Å²) in [5.41, 5.74) is 6.52. The van der Waals surface area contributed by atoms with Gasteiger partial charge < -0.3 is 9.47 Å². The molecule has 10 aromatic rings. The first-order valence-corrected chi connectivity index (χ1v) is 18.7. The molecule has 0 aliphatic heterocycles. The van der Waals surface area contributed by atoms with Crippen LogP contribution in [0.15, 0.2) is 164 Å². The minimum Gasteiger partial charge on any atom is -0.310 e. The van der Waals surface area contributed by atoms with Gasteiger partial charge in [0, 0.05) is 53.7 Å². The fourth-order valence-electron chi connectivity index (χ4n) is 7.75. The third-order valence-electron chi connectivity index (χ3n) is 10.4. The summed E-state index contributed by atoms with van der Waals surface area (Å²) in [6.07, 6.45) is 0. The molecule has 2 nitrogen and oxygen atoms in total. The van der Waals surface area contributed by atoms with Crippen LogP contribution >= 0.6 is 11.3 Å². The molecule has 8 aromatic carbocycles. The number of hydrogen-bond donors (Lipinski definition) is 0. The number of halogens is 5. The van der Waals surface area contributed by atoms with Gasteiger partial charge in [0.1, 0.15) is 0 Å². The lowest BCUT2D eigenvalue weighted by atomic mass is 10.0. The summed E-state index contributed by atoms with van der Waals surface area (Å²) >= 11 is 1.68. The maximum absolute atomic E-state index is 14.8. The molecular formula is C48H27F5N2S. The van der Waals surface area contributed by atoms with E-state index in [4.69, 9.17) is 0 Å². The summed E-state index contributed by atoms with van der Waals surface area (Å²) in [6, 6.07) is 53.7. The van der Waals surface area contributed by atoms with Crippen LogP contribution in [0.5, 0.6) is 0 Å². The molecule has 2 aromatic heterocycles. The summed E-state index contributed by atoms with van der Waals surface area (Å²) < 4.78 is 76.2. The number of benzene rings is 8. The predicted octanol–water partition coefficient (Wildman–Crippen LogP) is 14.7. The van der Waals surface area contributed by atoms with E-state index in [1.165, 1.54) is 12.1 Å². The number of thiophene rings is 1. The lowest BCUT2D eigenvalue weighted by Crippen LogP contribution is -2.10. The van der Waals surface area contributed by atoms with E-state index in [-0.39, 0.29) is 5.56 Å². The molecule has 0 atom stereocenters. The third-order valence-corrected chi connectivity index (χ3v) is 11.5. The summed E-state index contributed by atoms with van der Waals surface area (Å²) in [5, 5.41) is 4.57. The molecule has 8 heteroatoms. The van der Waals surface area contributed by atoms with Crippen molar-refractivity contribution >= 4 is 70.4 Å². The molecule has 0 saturated carbocycles. The van der Waals surface area contributed by atoms with Crippen molar-refractivity contribution in [3.05, 3.63) is 193 Å². The number of nitrogens with zero attached hydrogens (tertiary/aromatic N) is 2. The SMILES string of the molecule is Fc1c(F)c(F)c(-c2ccc(N(c3ccc(-c4ccc5c(c4)c4ccccc4n5-c4ccccc4)cc3)c3ccc4c(c3)sc3ccccc34)cc2)c(F)c1F. The van der Waals surface area contributed by atoms with Gasteiger partial charge in [-0.25, -0.2) is 22.0 Å². The van der Waals surface area contributed by atoms with Crippen LogP contribution < -0.4 is 4.90 Å². The summed E-state index contributed by atoms with van der Waals surface area (Å²) in [6.45, 7) is 0. The van der Waals surface area contributed by atoms with Gasteiger partial charge in [-0.3, -0.25) is 0 Å². The van der Waals surface area contributed by atoms with E-state index in [2.05, 4.69) is 95.6 Å². The van der Waals surface area contributed by atoms with Crippen LogP contribution in [-0.4, -0.2) is 4.57 Å². The standard InChI is InChI=1S/C48H27F5N2S/c49-44-43(45(50)47(52)48(53)46(44)51)29-16-21-33(22-17-29)54(34-23-24-37-36-11-5-7-13-41(36)56-42(37)27-34)32-19-14-28(15-20-32)30-18-25-40-38(26-30)35-10-4-6-12-39(35)55(40)31-8-2-1-3-9-31/h1-27H. The van der Waals surface area contributed by atoms with Crippen molar-refractivity contribution in [2.45, 2.75) is 0 Å². The van der Waals surface area contributed by atoms with Crippen molar-refractivity contribution in [1.29, 1.82) is 0 Å². The van der Waals surface area contributed by atoms with E-state index >= 15 is 0 Å². The molecule has 270 valence electrons. The van der Waals surface area contributed by atoms with Gasteiger partial charge in [0.25, 0.3) is 0 Å². The Morgan fingerprint density at radius 1 is 0.375 bits per heavy atom. The zero-order valence-corrected chi connectivity index (χ0v) is 30.1. The van der Waals surface area contributed by atoms with Gasteiger partial charge in [0.15, 0.2) is 23.3 Å². The highest BCUT2D eigenvalue weighted by Gasteiger charge is 2.27.